The molecule has 0 spiro atoms. The van der Waals surface area contributed by atoms with Gasteiger partial charge in [-0.3, -0.25) is 0 Å². The van der Waals surface area contributed by atoms with Crippen LogP contribution in [0, 0.1) is 28.8 Å². The minimum Gasteiger partial charge on any atom is -0.790 e. The number of phosphoric acid groups is 1. The second kappa shape index (κ2) is 20.9. The Bertz CT molecular complexity index is 1710. The molecule has 1 aromatic heterocycles. The van der Waals surface area contributed by atoms with Gasteiger partial charge in [-0.05, 0) is 37.3 Å². The van der Waals surface area contributed by atoms with E-state index in [0.717, 1.165) is 18.2 Å². The van der Waals surface area contributed by atoms with Gasteiger partial charge < -0.3 is 37.8 Å². The third-order valence-corrected chi connectivity index (χ3v) is 8.74. The molecule has 0 bridgehead atoms. The number of nitrogens with zero attached hydrogens (tertiary/aromatic N) is 4. The van der Waals surface area contributed by atoms with Crippen molar-refractivity contribution in [2.24, 2.45) is 0 Å². The predicted octanol–water partition coefficient (Wildman–Crippen LogP) is -2.40. The van der Waals surface area contributed by atoms with Crippen molar-refractivity contribution >= 4 is 31.8 Å². The molecule has 0 saturated carbocycles. The van der Waals surface area contributed by atoms with Gasteiger partial charge in [-0.1, -0.05) is 24.3 Å². The van der Waals surface area contributed by atoms with Crippen molar-refractivity contribution in [2.75, 3.05) is 26.4 Å². The van der Waals surface area contributed by atoms with Crippen LogP contribution in [-0.2, 0) is 40.2 Å². The van der Waals surface area contributed by atoms with Gasteiger partial charge in [0.1, 0.15) is 36.7 Å². The SMILES string of the molecule is C[C@@H](S[C@H]1CO[C@H](C=CC=Cc2ccc(C#N)cc2F)OC1)[C@@](Cn1cncn1)(OC(=O)OCCOP(=O)([O-])[O-])c1ccc(F)cc1F.[Na+].[Na+]. The Morgan fingerprint density at radius 1 is 1.16 bits per heavy atom. The molecule has 2 aromatic carbocycles. The van der Waals surface area contributed by atoms with Gasteiger partial charge in [0.15, 0.2) is 11.9 Å². The van der Waals surface area contributed by atoms with Gasteiger partial charge >= 0.3 is 65.3 Å². The predicted molar refractivity (Wildman–Crippen MR) is 160 cm³/mol. The number of nitriles is 1. The first-order valence-corrected chi connectivity index (χ1v) is 16.5. The molecule has 4 rings (SSSR count). The Hall–Kier alpha value is -2.01. The van der Waals surface area contributed by atoms with Crippen molar-refractivity contribution < 1.29 is 115 Å². The first-order chi connectivity index (χ1) is 22.9. The van der Waals surface area contributed by atoms with Crippen LogP contribution in [-0.4, -0.2) is 64.1 Å². The number of allylic oxidation sites excluding steroid dienone is 2. The van der Waals surface area contributed by atoms with Gasteiger partial charge in [0.2, 0.25) is 0 Å². The van der Waals surface area contributed by atoms with E-state index in [4.69, 9.17) is 24.2 Å². The van der Waals surface area contributed by atoms with Gasteiger partial charge in [-0.15, -0.1) is 11.8 Å². The molecule has 0 amide bonds. The number of phosphoric ester groups is 1. The minimum atomic E-state index is -5.32. The first-order valence-electron chi connectivity index (χ1n) is 14.1. The van der Waals surface area contributed by atoms with Crippen LogP contribution in [0.5, 0.6) is 0 Å². The van der Waals surface area contributed by atoms with Crippen molar-refractivity contribution in [1.82, 2.24) is 14.8 Å². The maximum Gasteiger partial charge on any atom is 1.00 e. The third-order valence-electron chi connectivity index (χ3n) is 6.80. The summed E-state index contributed by atoms with van der Waals surface area (Å²) in [5.74, 6) is -2.46. The summed E-state index contributed by atoms with van der Waals surface area (Å²) in [6.07, 6.45) is 6.70. The Labute approximate surface area is 334 Å². The quantitative estimate of drug-likeness (QED) is 0.0560. The molecular formula is C30H28F3N4Na2O9PS. The van der Waals surface area contributed by atoms with E-state index in [-0.39, 0.29) is 101 Å². The fraction of sp³-hybridized carbons (Fsp3) is 0.333. The number of hydrogen-bond donors (Lipinski definition) is 0. The van der Waals surface area contributed by atoms with E-state index in [2.05, 4.69) is 14.6 Å². The summed E-state index contributed by atoms with van der Waals surface area (Å²) < 4.78 is 81.8. The van der Waals surface area contributed by atoms with Crippen molar-refractivity contribution in [3.63, 3.8) is 0 Å². The zero-order chi connectivity index (χ0) is 34.7. The van der Waals surface area contributed by atoms with Crippen LogP contribution in [0.4, 0.5) is 18.0 Å². The Morgan fingerprint density at radius 2 is 1.90 bits per heavy atom. The molecule has 1 aliphatic heterocycles. The number of carbonyl (C=O) groups excluding carboxylic acids is 1. The molecule has 2 heterocycles. The summed E-state index contributed by atoms with van der Waals surface area (Å²) in [4.78, 5) is 38.2. The van der Waals surface area contributed by atoms with Crippen molar-refractivity contribution in [3.8, 4) is 6.07 Å². The number of ether oxygens (including phenoxy) is 4. The van der Waals surface area contributed by atoms with Gasteiger partial charge in [0, 0.05) is 22.4 Å². The summed E-state index contributed by atoms with van der Waals surface area (Å²) in [5, 5.41) is 11.7. The largest absolute Gasteiger partial charge is 1.00 e. The van der Waals surface area contributed by atoms with Gasteiger partial charge in [0.25, 0.3) is 0 Å². The van der Waals surface area contributed by atoms with Crippen LogP contribution >= 0.6 is 19.6 Å². The fourth-order valence-corrected chi connectivity index (χ4v) is 6.24. The van der Waals surface area contributed by atoms with E-state index < -0.39 is 61.8 Å². The molecule has 1 fully saturated rings. The third kappa shape index (κ3) is 13.2. The van der Waals surface area contributed by atoms with Crippen molar-refractivity contribution in [1.29, 1.82) is 5.26 Å². The maximum atomic E-state index is 15.4. The summed E-state index contributed by atoms with van der Waals surface area (Å²) in [6.45, 7) is 0.156. The first kappa shape index (κ1) is 44.2. The number of benzene rings is 2. The van der Waals surface area contributed by atoms with Crippen molar-refractivity contribution in [3.05, 3.63) is 101 Å². The smallest absolute Gasteiger partial charge is 0.790 e. The molecule has 0 unspecified atom stereocenters. The molecular weight excluding hydrogens is 726 g/mol. The van der Waals surface area contributed by atoms with E-state index in [9.17, 15) is 27.9 Å². The van der Waals surface area contributed by atoms with E-state index in [1.54, 1.807) is 25.2 Å². The molecule has 50 heavy (non-hydrogen) atoms. The summed E-state index contributed by atoms with van der Waals surface area (Å²) >= 11 is 1.21. The summed E-state index contributed by atoms with van der Waals surface area (Å²) in [7, 11) is -5.32. The topological polar surface area (TPSA) is 181 Å². The van der Waals surface area contributed by atoms with Crippen molar-refractivity contribution in [2.45, 2.75) is 35.9 Å². The van der Waals surface area contributed by atoms with Crippen LogP contribution in [0.2, 0.25) is 0 Å². The monoisotopic (exact) mass is 754 g/mol. The molecule has 13 nitrogen and oxygen atoms in total. The summed E-state index contributed by atoms with van der Waals surface area (Å²) in [6, 6.07) is 8.71. The molecule has 1 aliphatic rings. The standard InChI is InChI=1S/C30H30F3N4O9PS.2Na/c1-20(48-24-15-43-28(44-16-24)5-3-2-4-22-7-6-21(14-34)12-26(22)32)30(17-37-19-35-18-36-37,25-9-8-23(31)13-27(25)33)46-29(38)42-10-11-45-47(39,40)41;;/h2-9,12-13,18-20,24,28H,10-11,15-17H2,1H3,(H2,39,40,41);;/q;2*+1/p-2/t20-,24-,28-,30-;;/m1../s1. The second-order valence-corrected chi connectivity index (χ2v) is 12.9. The number of hydrogen-bond acceptors (Lipinski definition) is 13. The van der Waals surface area contributed by atoms with Crippen LogP contribution in [0.25, 0.3) is 6.08 Å². The van der Waals surface area contributed by atoms with Crippen LogP contribution in [0.15, 0.2) is 67.3 Å². The Kier molecular flexibility index (Phi) is 18.4. The van der Waals surface area contributed by atoms with Gasteiger partial charge in [-0.25, -0.2) is 27.6 Å². The molecule has 0 aliphatic carbocycles. The van der Waals surface area contributed by atoms with Crippen LogP contribution < -0.4 is 68.9 Å². The minimum absolute atomic E-state index is 0. The number of carbonyl (C=O) groups is 1. The van der Waals surface area contributed by atoms with E-state index >= 15 is 4.39 Å². The number of rotatable bonds is 14. The number of halogens is 3. The van der Waals surface area contributed by atoms with Gasteiger partial charge in [-0.2, -0.15) is 10.4 Å². The van der Waals surface area contributed by atoms with E-state index in [0.29, 0.717) is 6.07 Å². The molecule has 3 aromatic rings. The zero-order valence-corrected chi connectivity index (χ0v) is 32.9. The molecule has 1 saturated heterocycles. The number of thioether (sulfide) groups is 1. The maximum absolute atomic E-state index is 15.4. The Balaban J connectivity index is 0.00000433. The Morgan fingerprint density at radius 3 is 2.52 bits per heavy atom. The van der Waals surface area contributed by atoms with Crippen LogP contribution in [0.1, 0.15) is 23.6 Å². The number of aromatic nitrogens is 3. The average molecular weight is 755 g/mol. The van der Waals surface area contributed by atoms with E-state index in [1.165, 1.54) is 47.3 Å². The normalized spacial score (nSPS) is 18.0. The molecule has 256 valence electrons. The van der Waals surface area contributed by atoms with E-state index in [1.807, 2.05) is 6.07 Å². The molecule has 20 heteroatoms. The zero-order valence-electron chi connectivity index (χ0n) is 27.1. The fourth-order valence-electron chi connectivity index (χ4n) is 4.58. The average Bonchev–Trinajstić information content (AvgIpc) is 3.55. The summed E-state index contributed by atoms with van der Waals surface area (Å²) in [5.41, 5.74) is -1.64. The molecule has 0 N–H and O–H groups in total. The van der Waals surface area contributed by atoms with Crippen LogP contribution in [0.3, 0.4) is 0 Å². The molecule has 2 atom stereocenters. The van der Waals surface area contributed by atoms with Gasteiger partial charge in [0.05, 0.1) is 51.1 Å². The second-order valence-electron chi connectivity index (χ2n) is 10.1. The molecule has 0 radical (unpaired) electrons.